The summed E-state index contributed by atoms with van der Waals surface area (Å²) in [6, 6.07) is 90.2. The van der Waals surface area contributed by atoms with Crippen molar-refractivity contribution in [3.8, 4) is 56.3 Å². The van der Waals surface area contributed by atoms with Crippen molar-refractivity contribution in [1.82, 2.24) is 9.13 Å². The lowest BCUT2D eigenvalue weighted by Crippen LogP contribution is -2.59. The molecule has 5 heteroatoms. The Hall–Kier alpha value is -9.32. The van der Waals surface area contributed by atoms with Crippen LogP contribution in [0.3, 0.4) is 0 Å². The van der Waals surface area contributed by atoms with Gasteiger partial charge in [-0.1, -0.05) is 211 Å². The average molecular weight is 1020 g/mol. The van der Waals surface area contributed by atoms with E-state index >= 15 is 0 Å². The largest absolute Gasteiger partial charge is 0.458 e. The molecule has 0 saturated carbocycles. The Morgan fingerprint density at radius 3 is 1.37 bits per heavy atom. The van der Waals surface area contributed by atoms with E-state index in [1.807, 2.05) is 0 Å². The van der Waals surface area contributed by atoms with E-state index in [0.29, 0.717) is 0 Å². The maximum Gasteiger partial charge on any atom is 0.256 e. The molecule has 2 aliphatic heterocycles. The molecule has 0 saturated heterocycles. The van der Waals surface area contributed by atoms with Gasteiger partial charge in [0.15, 0.2) is 0 Å². The molecular formula is C74H58BN3O. The minimum Gasteiger partial charge on any atom is -0.458 e. The summed E-state index contributed by atoms with van der Waals surface area (Å²) in [7, 11) is 0. The molecule has 15 rings (SSSR count). The van der Waals surface area contributed by atoms with Gasteiger partial charge in [-0.25, -0.2) is 0 Å². The van der Waals surface area contributed by atoms with Gasteiger partial charge in [-0.05, 0) is 127 Å². The zero-order valence-corrected chi connectivity index (χ0v) is 45.4. The van der Waals surface area contributed by atoms with Crippen molar-refractivity contribution in [1.29, 1.82) is 0 Å². The summed E-state index contributed by atoms with van der Waals surface area (Å²) < 4.78 is 12.4. The number of para-hydroxylation sites is 3. The Morgan fingerprint density at radius 1 is 0.342 bits per heavy atom. The topological polar surface area (TPSA) is 22.3 Å². The molecule has 0 atom stereocenters. The SMILES string of the molecule is CC(C)(C)c1ccc2c(c1)c1ccccc1n2-c1ccc2c(c1)Oc1cc(-c3ccccc3)cc3c1B2c1ccc(-n2c4ccccc4c4cc(C(C)(C)C)ccc42)cc1N3c1c(-c2ccccc2)cccc1-c1ccccc1. The van der Waals surface area contributed by atoms with Crippen LogP contribution in [0, 0.1) is 0 Å². The summed E-state index contributed by atoms with van der Waals surface area (Å²) in [5.41, 5.74) is 23.2. The first-order chi connectivity index (χ1) is 38.5. The number of hydrogen-bond acceptors (Lipinski definition) is 2. The van der Waals surface area contributed by atoms with Crippen LogP contribution in [0.4, 0.5) is 17.1 Å². The van der Waals surface area contributed by atoms with E-state index in [-0.39, 0.29) is 17.5 Å². The van der Waals surface area contributed by atoms with Crippen LogP contribution in [0.15, 0.2) is 243 Å². The second kappa shape index (κ2) is 17.6. The summed E-state index contributed by atoms with van der Waals surface area (Å²) >= 11 is 0. The first kappa shape index (κ1) is 46.9. The predicted octanol–water partition coefficient (Wildman–Crippen LogP) is 17.9. The van der Waals surface area contributed by atoms with Crippen LogP contribution in [0.5, 0.6) is 11.5 Å². The molecule has 13 aromatic rings. The Bertz CT molecular complexity index is 4540. The Kier molecular flexibility index (Phi) is 10.5. The molecule has 0 fully saturated rings. The lowest BCUT2D eigenvalue weighted by molar-refractivity contribution is 0.487. The van der Waals surface area contributed by atoms with Gasteiger partial charge in [0, 0.05) is 61.5 Å². The van der Waals surface area contributed by atoms with Crippen molar-refractivity contribution in [3.05, 3.63) is 254 Å². The van der Waals surface area contributed by atoms with E-state index in [0.717, 1.165) is 84.2 Å². The highest BCUT2D eigenvalue weighted by molar-refractivity contribution is 6.99. The van der Waals surface area contributed by atoms with Crippen LogP contribution in [0.25, 0.3) is 88.4 Å². The van der Waals surface area contributed by atoms with Gasteiger partial charge in [0.05, 0.1) is 27.8 Å². The number of rotatable bonds is 6. The molecule has 0 bridgehead atoms. The third-order valence-corrected chi connectivity index (χ3v) is 16.9. The minimum atomic E-state index is -0.156. The first-order valence-corrected chi connectivity index (χ1v) is 27.8. The van der Waals surface area contributed by atoms with Crippen LogP contribution in [0.1, 0.15) is 52.7 Å². The monoisotopic (exact) mass is 1020 g/mol. The van der Waals surface area contributed by atoms with Gasteiger partial charge in [-0.2, -0.15) is 0 Å². The molecule has 0 N–H and O–H groups in total. The van der Waals surface area contributed by atoms with E-state index in [1.165, 1.54) is 60.2 Å². The minimum absolute atomic E-state index is 0.00244. The fourth-order valence-corrected chi connectivity index (χ4v) is 13.0. The number of benzene rings is 11. The van der Waals surface area contributed by atoms with E-state index in [4.69, 9.17) is 4.74 Å². The molecule has 0 spiro atoms. The van der Waals surface area contributed by atoms with Crippen LogP contribution in [-0.4, -0.2) is 15.8 Å². The standard InChI is InChI=1S/C74H58BN3O/c1-73(2,3)51-33-39-65-59(43-51)57-27-16-18-31-63(57)76(65)53-35-37-61-67(45-53)78(72-55(48-23-12-8-13-24-48)29-20-30-56(72)49-25-14-9-15-26-49)68-41-50(47-21-10-7-11-22-47)42-70-71(68)75(61)62-38-36-54(46-69(62)79-70)77-64-32-19-17-28-58(64)60-44-52(74(4,5)6)34-40-66(60)77/h7-46H,1-6H3. The summed E-state index contributed by atoms with van der Waals surface area (Å²) in [5.74, 6) is 1.72. The van der Waals surface area contributed by atoms with Gasteiger partial charge in [0.1, 0.15) is 11.5 Å². The summed E-state index contributed by atoms with van der Waals surface area (Å²) in [5, 5.41) is 5.00. The average Bonchev–Trinajstić information content (AvgIpc) is 3.95. The maximum absolute atomic E-state index is 7.51. The highest BCUT2D eigenvalue weighted by Crippen LogP contribution is 2.51. The molecule has 2 aromatic heterocycles. The van der Waals surface area contributed by atoms with Crippen molar-refractivity contribution in [2.24, 2.45) is 0 Å². The molecule has 4 nitrogen and oxygen atoms in total. The van der Waals surface area contributed by atoms with E-state index in [2.05, 4.69) is 298 Å². The van der Waals surface area contributed by atoms with E-state index < -0.39 is 0 Å². The summed E-state index contributed by atoms with van der Waals surface area (Å²) in [4.78, 5) is 2.59. The lowest BCUT2D eigenvalue weighted by atomic mass is 9.34. The van der Waals surface area contributed by atoms with Gasteiger partial charge in [-0.15, -0.1) is 0 Å². The fraction of sp³-hybridized carbons (Fsp3) is 0.108. The van der Waals surface area contributed by atoms with Crippen molar-refractivity contribution >= 4 is 83.8 Å². The number of hydrogen-bond donors (Lipinski definition) is 0. The zero-order valence-electron chi connectivity index (χ0n) is 45.4. The number of anilines is 3. The molecule has 0 amide bonds. The highest BCUT2D eigenvalue weighted by Gasteiger charge is 2.44. The van der Waals surface area contributed by atoms with E-state index in [1.54, 1.807) is 0 Å². The molecular weight excluding hydrogens is 958 g/mol. The number of nitrogens with zero attached hydrogens (tertiary/aromatic N) is 3. The van der Waals surface area contributed by atoms with Crippen molar-refractivity contribution in [2.75, 3.05) is 4.90 Å². The molecule has 378 valence electrons. The van der Waals surface area contributed by atoms with Crippen molar-refractivity contribution in [3.63, 3.8) is 0 Å². The van der Waals surface area contributed by atoms with Gasteiger partial charge in [0.2, 0.25) is 0 Å². The Morgan fingerprint density at radius 2 is 0.823 bits per heavy atom. The van der Waals surface area contributed by atoms with Gasteiger partial charge in [-0.3, -0.25) is 0 Å². The molecule has 79 heavy (non-hydrogen) atoms. The third kappa shape index (κ3) is 7.43. The summed E-state index contributed by atoms with van der Waals surface area (Å²) in [6.07, 6.45) is 0. The zero-order chi connectivity index (χ0) is 53.3. The maximum atomic E-state index is 7.51. The second-order valence-electron chi connectivity index (χ2n) is 23.7. The molecule has 4 heterocycles. The quantitative estimate of drug-likeness (QED) is 0.155. The third-order valence-electron chi connectivity index (χ3n) is 16.9. The van der Waals surface area contributed by atoms with Gasteiger partial charge in [0.25, 0.3) is 6.71 Å². The number of aromatic nitrogens is 2. The van der Waals surface area contributed by atoms with Crippen LogP contribution in [-0.2, 0) is 10.8 Å². The molecule has 0 radical (unpaired) electrons. The Labute approximate surface area is 462 Å². The number of ether oxygens (including phenoxy) is 1. The smallest absolute Gasteiger partial charge is 0.256 e. The second-order valence-corrected chi connectivity index (χ2v) is 23.7. The molecule has 0 unspecified atom stereocenters. The summed E-state index contributed by atoms with van der Waals surface area (Å²) in [6.45, 7) is 13.6. The fourth-order valence-electron chi connectivity index (χ4n) is 13.0. The van der Waals surface area contributed by atoms with Crippen LogP contribution < -0.4 is 26.0 Å². The normalized spacial score (nSPS) is 13.0. The lowest BCUT2D eigenvalue weighted by Gasteiger charge is -2.42. The first-order valence-electron chi connectivity index (χ1n) is 27.8. The highest BCUT2D eigenvalue weighted by atomic mass is 16.5. The molecule has 2 aliphatic rings. The van der Waals surface area contributed by atoms with Crippen LogP contribution >= 0.6 is 0 Å². The molecule has 11 aromatic carbocycles. The van der Waals surface area contributed by atoms with Crippen LogP contribution in [0.2, 0.25) is 0 Å². The van der Waals surface area contributed by atoms with Gasteiger partial charge < -0.3 is 18.8 Å². The number of fused-ring (bicyclic) bond motifs is 10. The Balaban J connectivity index is 1.03. The van der Waals surface area contributed by atoms with Crippen molar-refractivity contribution in [2.45, 2.75) is 52.4 Å². The van der Waals surface area contributed by atoms with Crippen molar-refractivity contribution < 1.29 is 4.74 Å². The predicted molar refractivity (Wildman–Crippen MR) is 335 cm³/mol. The van der Waals surface area contributed by atoms with Gasteiger partial charge >= 0.3 is 0 Å². The molecule has 0 aliphatic carbocycles. The van der Waals surface area contributed by atoms with E-state index in [9.17, 15) is 0 Å².